The summed E-state index contributed by atoms with van der Waals surface area (Å²) >= 11 is 0. The molecule has 0 unspecified atom stereocenters. The Bertz CT molecular complexity index is 201. The Balaban J connectivity index is 2.61. The summed E-state index contributed by atoms with van der Waals surface area (Å²) in [4.78, 5) is 0. The van der Waals surface area contributed by atoms with Gasteiger partial charge in [-0.2, -0.15) is 0 Å². The molecule has 60 valence electrons. The van der Waals surface area contributed by atoms with E-state index in [0.29, 0.717) is 5.69 Å². The number of aliphatic hydroxyl groups excluding tert-OH is 1. The number of nitrogens with zero attached hydrogens (tertiary/aromatic N) is 1. The first-order valence-corrected chi connectivity index (χ1v) is 3.47. The summed E-state index contributed by atoms with van der Waals surface area (Å²) < 4.78 is 0. The highest BCUT2D eigenvalue weighted by Gasteiger charge is 1.98. The van der Waals surface area contributed by atoms with Crippen LogP contribution >= 0.6 is 0 Å². The van der Waals surface area contributed by atoms with Crippen LogP contribution in [0.5, 0.6) is 0 Å². The van der Waals surface area contributed by atoms with E-state index in [1.165, 1.54) is 0 Å². The number of hydroxylamine groups is 1. The predicted molar refractivity (Wildman–Crippen MR) is 42.7 cm³/mol. The van der Waals surface area contributed by atoms with Crippen LogP contribution in [0.1, 0.15) is 0 Å². The van der Waals surface area contributed by atoms with Crippen LogP contribution in [0.2, 0.25) is 0 Å². The molecule has 0 fully saturated rings. The maximum atomic E-state index is 9.19. The van der Waals surface area contributed by atoms with Gasteiger partial charge in [-0.3, -0.25) is 10.3 Å². The summed E-state index contributed by atoms with van der Waals surface area (Å²) in [6.07, 6.45) is 0. The highest BCUT2D eigenvalue weighted by atomic mass is 16.5. The number of rotatable bonds is 3. The molecule has 1 rings (SSSR count). The zero-order valence-electron chi connectivity index (χ0n) is 6.14. The van der Waals surface area contributed by atoms with Crippen LogP contribution in [0, 0.1) is 0 Å². The quantitative estimate of drug-likeness (QED) is 0.633. The van der Waals surface area contributed by atoms with Gasteiger partial charge in [-0.15, -0.1) is 0 Å². The molecule has 0 aliphatic rings. The molecule has 0 saturated heterocycles. The van der Waals surface area contributed by atoms with Crippen molar-refractivity contribution in [1.29, 1.82) is 0 Å². The van der Waals surface area contributed by atoms with Crippen molar-refractivity contribution in [2.75, 3.05) is 18.2 Å². The molecule has 0 atom stereocenters. The first-order chi connectivity index (χ1) is 5.34. The van der Waals surface area contributed by atoms with Crippen LogP contribution in [-0.4, -0.2) is 23.5 Å². The van der Waals surface area contributed by atoms with Crippen molar-refractivity contribution in [2.24, 2.45) is 0 Å². The van der Waals surface area contributed by atoms with E-state index in [4.69, 9.17) is 5.11 Å². The molecule has 0 amide bonds. The first-order valence-electron chi connectivity index (χ1n) is 3.47. The molecule has 1 aromatic rings. The van der Waals surface area contributed by atoms with Gasteiger partial charge in [0.2, 0.25) is 0 Å². The summed E-state index contributed by atoms with van der Waals surface area (Å²) in [5.74, 6) is 0. The summed E-state index contributed by atoms with van der Waals surface area (Å²) in [7, 11) is 0. The Labute approximate surface area is 65.5 Å². The van der Waals surface area contributed by atoms with E-state index in [-0.39, 0.29) is 13.2 Å². The maximum Gasteiger partial charge on any atom is 0.0685 e. The third-order valence-corrected chi connectivity index (χ3v) is 1.37. The van der Waals surface area contributed by atoms with Crippen molar-refractivity contribution in [3.8, 4) is 0 Å². The minimum atomic E-state index is -0.0502. The van der Waals surface area contributed by atoms with Gasteiger partial charge in [-0.1, -0.05) is 18.2 Å². The lowest BCUT2D eigenvalue weighted by atomic mass is 10.3. The third-order valence-electron chi connectivity index (χ3n) is 1.37. The lowest BCUT2D eigenvalue weighted by molar-refractivity contribution is 0.210. The van der Waals surface area contributed by atoms with Crippen molar-refractivity contribution in [3.05, 3.63) is 30.3 Å². The Kier molecular flexibility index (Phi) is 2.89. The van der Waals surface area contributed by atoms with Crippen LogP contribution in [0.3, 0.4) is 0 Å². The van der Waals surface area contributed by atoms with Gasteiger partial charge in [0, 0.05) is 0 Å². The molecule has 3 nitrogen and oxygen atoms in total. The van der Waals surface area contributed by atoms with E-state index < -0.39 is 0 Å². The predicted octanol–water partition coefficient (Wildman–Crippen LogP) is 0.875. The third kappa shape index (κ3) is 2.22. The molecule has 3 heteroatoms. The van der Waals surface area contributed by atoms with Gasteiger partial charge in [0.05, 0.1) is 18.8 Å². The van der Waals surface area contributed by atoms with Gasteiger partial charge >= 0.3 is 0 Å². The average Bonchev–Trinajstić information content (AvgIpc) is 2.07. The van der Waals surface area contributed by atoms with Gasteiger partial charge in [-0.05, 0) is 12.1 Å². The van der Waals surface area contributed by atoms with Gasteiger partial charge in [0.15, 0.2) is 0 Å². The van der Waals surface area contributed by atoms with E-state index in [2.05, 4.69) is 0 Å². The van der Waals surface area contributed by atoms with Gasteiger partial charge < -0.3 is 5.11 Å². The topological polar surface area (TPSA) is 43.7 Å². The standard InChI is InChI=1S/C8H11NO2/c10-7-6-9(11)8-4-2-1-3-5-8/h1-5,10-11H,6-7H2. The monoisotopic (exact) mass is 153 g/mol. The van der Waals surface area contributed by atoms with Crippen LogP contribution < -0.4 is 5.06 Å². The molecule has 0 bridgehead atoms. The Morgan fingerprint density at radius 2 is 1.82 bits per heavy atom. The molecule has 11 heavy (non-hydrogen) atoms. The van der Waals surface area contributed by atoms with Crippen molar-refractivity contribution in [1.82, 2.24) is 0 Å². The summed E-state index contributed by atoms with van der Waals surface area (Å²) in [5.41, 5.74) is 0.696. The van der Waals surface area contributed by atoms with Gasteiger partial charge in [0.1, 0.15) is 0 Å². The van der Waals surface area contributed by atoms with Crippen molar-refractivity contribution < 1.29 is 10.3 Å². The molecule has 0 saturated carbocycles. The molecule has 0 aliphatic carbocycles. The lowest BCUT2D eigenvalue weighted by Crippen LogP contribution is -2.21. The number of hydrogen-bond acceptors (Lipinski definition) is 3. The normalized spacial score (nSPS) is 9.64. The van der Waals surface area contributed by atoms with Gasteiger partial charge in [-0.25, -0.2) is 0 Å². The zero-order valence-corrected chi connectivity index (χ0v) is 6.14. The Morgan fingerprint density at radius 3 is 2.36 bits per heavy atom. The number of para-hydroxylation sites is 1. The zero-order chi connectivity index (χ0) is 8.10. The van der Waals surface area contributed by atoms with E-state index >= 15 is 0 Å². The summed E-state index contributed by atoms with van der Waals surface area (Å²) in [5, 5.41) is 18.7. The highest BCUT2D eigenvalue weighted by Crippen LogP contribution is 2.09. The number of anilines is 1. The van der Waals surface area contributed by atoms with Crippen LogP contribution in [0.15, 0.2) is 30.3 Å². The van der Waals surface area contributed by atoms with E-state index in [9.17, 15) is 5.21 Å². The SMILES string of the molecule is OCCN(O)c1ccccc1. The number of hydrogen-bond donors (Lipinski definition) is 2. The van der Waals surface area contributed by atoms with E-state index in [1.807, 2.05) is 18.2 Å². The lowest BCUT2D eigenvalue weighted by Gasteiger charge is -2.14. The molecule has 0 spiro atoms. The highest BCUT2D eigenvalue weighted by molar-refractivity contribution is 5.42. The van der Waals surface area contributed by atoms with Crippen LogP contribution in [-0.2, 0) is 0 Å². The molecular formula is C8H11NO2. The van der Waals surface area contributed by atoms with Crippen LogP contribution in [0.25, 0.3) is 0 Å². The van der Waals surface area contributed by atoms with Gasteiger partial charge in [0.25, 0.3) is 0 Å². The van der Waals surface area contributed by atoms with Crippen molar-refractivity contribution >= 4 is 5.69 Å². The fraction of sp³-hybridized carbons (Fsp3) is 0.250. The molecule has 0 radical (unpaired) electrons. The minimum Gasteiger partial charge on any atom is -0.394 e. The van der Waals surface area contributed by atoms with E-state index in [1.54, 1.807) is 12.1 Å². The summed E-state index contributed by atoms with van der Waals surface area (Å²) in [6.45, 7) is 0.190. The second-order valence-corrected chi connectivity index (χ2v) is 2.18. The van der Waals surface area contributed by atoms with Crippen LogP contribution in [0.4, 0.5) is 5.69 Å². The molecule has 2 N–H and O–H groups in total. The van der Waals surface area contributed by atoms with Crippen molar-refractivity contribution in [3.63, 3.8) is 0 Å². The second-order valence-electron chi connectivity index (χ2n) is 2.18. The molecule has 0 aromatic heterocycles. The van der Waals surface area contributed by atoms with Crippen molar-refractivity contribution in [2.45, 2.75) is 0 Å². The fourth-order valence-electron chi connectivity index (χ4n) is 0.824. The average molecular weight is 153 g/mol. The maximum absolute atomic E-state index is 9.19. The smallest absolute Gasteiger partial charge is 0.0685 e. The Hall–Kier alpha value is -1.06. The molecule has 0 heterocycles. The molecule has 0 aliphatic heterocycles. The minimum absolute atomic E-state index is 0.0502. The molecular weight excluding hydrogens is 142 g/mol. The second kappa shape index (κ2) is 3.95. The first kappa shape index (κ1) is 8.04. The summed E-state index contributed by atoms with van der Waals surface area (Å²) in [6, 6.07) is 9.08. The molecule has 1 aromatic carbocycles. The largest absolute Gasteiger partial charge is 0.394 e. The Morgan fingerprint density at radius 1 is 1.18 bits per heavy atom. The number of benzene rings is 1. The fourth-order valence-corrected chi connectivity index (χ4v) is 0.824. The number of aliphatic hydroxyl groups is 1. The van der Waals surface area contributed by atoms with E-state index in [0.717, 1.165) is 5.06 Å².